The highest BCUT2D eigenvalue weighted by atomic mass is 32.2. The summed E-state index contributed by atoms with van der Waals surface area (Å²) in [4.78, 5) is 10.7. The average Bonchev–Trinajstić information content (AvgIpc) is 2.60. The van der Waals surface area contributed by atoms with E-state index in [0.29, 0.717) is 12.1 Å². The van der Waals surface area contributed by atoms with Gasteiger partial charge < -0.3 is 0 Å². The van der Waals surface area contributed by atoms with Crippen LogP contribution in [-0.4, -0.2) is 26.5 Å². The van der Waals surface area contributed by atoms with Gasteiger partial charge in [0, 0.05) is 12.1 Å². The van der Waals surface area contributed by atoms with Crippen LogP contribution in [0, 0.1) is 0 Å². The second-order valence-corrected chi connectivity index (χ2v) is 8.53. The van der Waals surface area contributed by atoms with Crippen LogP contribution in [0.3, 0.4) is 0 Å². The maximum atomic E-state index is 11.8. The second kappa shape index (κ2) is 7.73. The highest BCUT2D eigenvalue weighted by Crippen LogP contribution is 2.23. The molecule has 0 amide bonds. The van der Waals surface area contributed by atoms with Gasteiger partial charge >= 0.3 is 0 Å². The minimum atomic E-state index is -3.24. The van der Waals surface area contributed by atoms with Crippen LogP contribution in [0.5, 0.6) is 0 Å². The summed E-state index contributed by atoms with van der Waals surface area (Å²) < 4.78 is 26.3. The third kappa shape index (κ3) is 4.52. The van der Waals surface area contributed by atoms with E-state index in [0.717, 1.165) is 23.0 Å². The third-order valence-corrected chi connectivity index (χ3v) is 5.88. The quantitative estimate of drug-likeness (QED) is 0.780. The molecular weight excluding hydrogens is 322 g/mol. The molecule has 0 aliphatic heterocycles. The SMILES string of the molecule is CC(CNS(=O)(=O)C(C)C)c1ccc(-c2ccc(C=O)cc2)cc1. The fourth-order valence-electron chi connectivity index (χ4n) is 2.28. The zero-order chi connectivity index (χ0) is 17.7. The van der Waals surface area contributed by atoms with Crippen molar-refractivity contribution in [2.45, 2.75) is 31.9 Å². The standard InChI is InChI=1S/C19H23NO3S/c1-14(2)24(22,23)20-12-15(3)17-8-10-19(11-9-17)18-6-4-16(13-21)5-7-18/h4-11,13-15,20H,12H2,1-3H3. The van der Waals surface area contributed by atoms with Crippen LogP contribution in [0.15, 0.2) is 48.5 Å². The zero-order valence-corrected chi connectivity index (χ0v) is 15.0. The number of hydrogen-bond acceptors (Lipinski definition) is 3. The summed E-state index contributed by atoms with van der Waals surface area (Å²) in [6.45, 7) is 5.71. The third-order valence-electron chi connectivity index (χ3n) is 4.07. The van der Waals surface area contributed by atoms with E-state index in [1.165, 1.54) is 0 Å². The molecule has 2 aromatic rings. The fraction of sp³-hybridized carbons (Fsp3) is 0.316. The van der Waals surface area contributed by atoms with Crippen molar-refractivity contribution in [3.8, 4) is 11.1 Å². The Morgan fingerprint density at radius 2 is 1.42 bits per heavy atom. The number of carbonyl (C=O) groups excluding carboxylic acids is 1. The van der Waals surface area contributed by atoms with Crippen molar-refractivity contribution in [3.05, 3.63) is 59.7 Å². The predicted octanol–water partition coefficient (Wildman–Crippen LogP) is 3.60. The number of aldehydes is 1. The number of sulfonamides is 1. The van der Waals surface area contributed by atoms with E-state index in [-0.39, 0.29) is 5.92 Å². The molecule has 0 aromatic heterocycles. The van der Waals surface area contributed by atoms with Gasteiger partial charge in [-0.1, -0.05) is 55.5 Å². The number of benzene rings is 2. The maximum Gasteiger partial charge on any atom is 0.213 e. The van der Waals surface area contributed by atoms with Crippen molar-refractivity contribution in [2.24, 2.45) is 0 Å². The highest BCUT2D eigenvalue weighted by molar-refractivity contribution is 7.90. The minimum absolute atomic E-state index is 0.0880. The monoisotopic (exact) mass is 345 g/mol. The molecule has 0 aliphatic rings. The van der Waals surface area contributed by atoms with E-state index in [2.05, 4.69) is 4.72 Å². The smallest absolute Gasteiger partial charge is 0.213 e. The number of carbonyl (C=O) groups is 1. The molecule has 0 saturated carbocycles. The van der Waals surface area contributed by atoms with Crippen molar-refractivity contribution in [3.63, 3.8) is 0 Å². The lowest BCUT2D eigenvalue weighted by atomic mass is 9.97. The van der Waals surface area contributed by atoms with Crippen molar-refractivity contribution in [1.82, 2.24) is 4.72 Å². The van der Waals surface area contributed by atoms with E-state index >= 15 is 0 Å². The van der Waals surface area contributed by atoms with Crippen molar-refractivity contribution >= 4 is 16.3 Å². The largest absolute Gasteiger partial charge is 0.298 e. The van der Waals surface area contributed by atoms with Gasteiger partial charge in [-0.25, -0.2) is 13.1 Å². The molecule has 5 heteroatoms. The van der Waals surface area contributed by atoms with Gasteiger partial charge in [0.25, 0.3) is 0 Å². The molecule has 1 N–H and O–H groups in total. The Balaban J connectivity index is 2.06. The lowest BCUT2D eigenvalue weighted by Crippen LogP contribution is -2.33. The molecule has 2 aromatic carbocycles. The van der Waals surface area contributed by atoms with Gasteiger partial charge in [0.15, 0.2) is 0 Å². The highest BCUT2D eigenvalue weighted by Gasteiger charge is 2.17. The van der Waals surface area contributed by atoms with Crippen molar-refractivity contribution < 1.29 is 13.2 Å². The number of hydrogen-bond donors (Lipinski definition) is 1. The molecule has 4 nitrogen and oxygen atoms in total. The van der Waals surface area contributed by atoms with Crippen molar-refractivity contribution in [1.29, 1.82) is 0 Å². The van der Waals surface area contributed by atoms with Gasteiger partial charge in [-0.05, 0) is 36.5 Å². The molecule has 0 heterocycles. The zero-order valence-electron chi connectivity index (χ0n) is 14.2. The van der Waals surface area contributed by atoms with E-state index < -0.39 is 15.3 Å². The molecule has 0 aliphatic carbocycles. The molecule has 128 valence electrons. The van der Waals surface area contributed by atoms with Crippen LogP contribution in [0.2, 0.25) is 0 Å². The van der Waals surface area contributed by atoms with Crippen molar-refractivity contribution in [2.75, 3.05) is 6.54 Å². The number of rotatable bonds is 7. The molecular formula is C19H23NO3S. The summed E-state index contributed by atoms with van der Waals surface area (Å²) in [6.07, 6.45) is 0.826. The first kappa shape index (κ1) is 18.4. The first-order valence-electron chi connectivity index (χ1n) is 7.97. The van der Waals surface area contributed by atoms with E-state index in [1.807, 2.05) is 43.3 Å². The Kier molecular flexibility index (Phi) is 5.91. The first-order chi connectivity index (χ1) is 11.3. The van der Waals surface area contributed by atoms with E-state index in [9.17, 15) is 13.2 Å². The van der Waals surface area contributed by atoms with E-state index in [4.69, 9.17) is 0 Å². The van der Waals surface area contributed by atoms with Crippen LogP contribution in [0.4, 0.5) is 0 Å². The average molecular weight is 345 g/mol. The lowest BCUT2D eigenvalue weighted by Gasteiger charge is -2.15. The molecule has 2 rings (SSSR count). The molecule has 0 radical (unpaired) electrons. The second-order valence-electron chi connectivity index (χ2n) is 6.21. The molecule has 0 bridgehead atoms. The number of nitrogens with one attached hydrogen (secondary N) is 1. The molecule has 0 saturated heterocycles. The van der Waals surface area contributed by atoms with Crippen LogP contribution >= 0.6 is 0 Å². The minimum Gasteiger partial charge on any atom is -0.298 e. The summed E-state index contributed by atoms with van der Waals surface area (Å²) in [6, 6.07) is 15.5. The van der Waals surface area contributed by atoms with Gasteiger partial charge in [-0.3, -0.25) is 4.79 Å². The Hall–Kier alpha value is -1.98. The van der Waals surface area contributed by atoms with Gasteiger partial charge in [0.05, 0.1) is 5.25 Å². The normalized spacial score (nSPS) is 13.0. The molecule has 24 heavy (non-hydrogen) atoms. The molecule has 0 spiro atoms. The fourth-order valence-corrected chi connectivity index (χ4v) is 3.10. The van der Waals surface area contributed by atoms with Crippen LogP contribution < -0.4 is 4.72 Å². The summed E-state index contributed by atoms with van der Waals surface area (Å²) in [7, 11) is -3.24. The van der Waals surface area contributed by atoms with E-state index in [1.54, 1.807) is 26.0 Å². The van der Waals surface area contributed by atoms with Crippen LogP contribution in [0.25, 0.3) is 11.1 Å². The van der Waals surface area contributed by atoms with Gasteiger partial charge in [-0.15, -0.1) is 0 Å². The van der Waals surface area contributed by atoms with Crippen LogP contribution in [0.1, 0.15) is 42.6 Å². The van der Waals surface area contributed by atoms with Gasteiger partial charge in [0.1, 0.15) is 6.29 Å². The summed E-state index contributed by atoms with van der Waals surface area (Å²) in [5, 5.41) is -0.429. The maximum absolute atomic E-state index is 11.8. The predicted molar refractivity (Wildman–Crippen MR) is 97.7 cm³/mol. The Morgan fingerprint density at radius 1 is 0.917 bits per heavy atom. The summed E-state index contributed by atoms with van der Waals surface area (Å²) >= 11 is 0. The van der Waals surface area contributed by atoms with Crippen LogP contribution in [-0.2, 0) is 10.0 Å². The Morgan fingerprint density at radius 3 is 1.88 bits per heavy atom. The molecule has 1 atom stereocenters. The van der Waals surface area contributed by atoms with Gasteiger partial charge in [-0.2, -0.15) is 0 Å². The summed E-state index contributed by atoms with van der Waals surface area (Å²) in [5.74, 6) is 0.0880. The summed E-state index contributed by atoms with van der Waals surface area (Å²) in [5.41, 5.74) is 3.84. The lowest BCUT2D eigenvalue weighted by molar-refractivity contribution is 0.112. The Labute approximate surface area is 144 Å². The molecule has 1 unspecified atom stereocenters. The van der Waals surface area contributed by atoms with Gasteiger partial charge in [0.2, 0.25) is 10.0 Å². The topological polar surface area (TPSA) is 63.2 Å². The first-order valence-corrected chi connectivity index (χ1v) is 9.52. The Bertz CT molecular complexity index is 778. The molecule has 0 fully saturated rings.